The molecule has 0 aromatic rings. The van der Waals surface area contributed by atoms with Crippen LogP contribution in [0.4, 0.5) is 0 Å². The smallest absolute Gasteiger partial charge is 0.0584 e. The Morgan fingerprint density at radius 1 is 1.40 bits per heavy atom. The van der Waals surface area contributed by atoms with Crippen molar-refractivity contribution in [3.8, 4) is 0 Å². The second-order valence-electron chi connectivity index (χ2n) is 2.95. The number of carbonyl (C=O) groups excluding carboxylic acids is 1. The summed E-state index contributed by atoms with van der Waals surface area (Å²) < 4.78 is 0. The first-order valence-corrected chi connectivity index (χ1v) is 3.43. The van der Waals surface area contributed by atoms with Crippen molar-refractivity contribution in [2.24, 2.45) is 17.6 Å². The lowest BCUT2D eigenvalue weighted by Crippen LogP contribution is -2.47. The van der Waals surface area contributed by atoms with Crippen molar-refractivity contribution in [3.63, 3.8) is 0 Å². The first kappa shape index (κ1) is 9.43. The lowest BCUT2D eigenvalue weighted by atomic mass is 9.91. The zero-order valence-corrected chi connectivity index (χ0v) is 6.63. The van der Waals surface area contributed by atoms with Crippen LogP contribution in [-0.2, 0) is 4.79 Å². The van der Waals surface area contributed by atoms with Gasteiger partial charge in [0.15, 0.2) is 0 Å². The maximum absolute atomic E-state index is 10.2. The predicted octanol–water partition coefficient (Wildman–Crippen LogP) is -0.644. The van der Waals surface area contributed by atoms with E-state index in [2.05, 4.69) is 0 Å². The molecule has 3 heteroatoms. The highest BCUT2D eigenvalue weighted by atomic mass is 16.4. The molecular weight excluding hydrogens is 130 g/mol. The van der Waals surface area contributed by atoms with Crippen LogP contribution in [0, 0.1) is 11.8 Å². The van der Waals surface area contributed by atoms with E-state index in [9.17, 15) is 9.90 Å². The minimum absolute atomic E-state index is 0.0231. The van der Waals surface area contributed by atoms with E-state index in [1.165, 1.54) is 0 Å². The molecule has 0 saturated heterocycles. The van der Waals surface area contributed by atoms with Gasteiger partial charge in [-0.1, -0.05) is 20.8 Å². The monoisotopic (exact) mass is 144 g/mol. The molecule has 0 rings (SSSR count). The third kappa shape index (κ3) is 2.35. The Morgan fingerprint density at radius 3 is 1.90 bits per heavy atom. The summed E-state index contributed by atoms with van der Waals surface area (Å²) in [4.78, 5) is 10.2. The maximum atomic E-state index is 10.2. The van der Waals surface area contributed by atoms with Crippen molar-refractivity contribution in [2.45, 2.75) is 26.8 Å². The molecule has 1 unspecified atom stereocenters. The second kappa shape index (κ2) is 3.56. The van der Waals surface area contributed by atoms with Gasteiger partial charge < -0.3 is 15.6 Å². The Labute approximate surface area is 61.2 Å². The molecule has 0 heterocycles. The van der Waals surface area contributed by atoms with Crippen LogP contribution in [0.3, 0.4) is 0 Å². The molecule has 0 spiro atoms. The highest BCUT2D eigenvalue weighted by molar-refractivity contribution is 5.71. The third-order valence-electron chi connectivity index (χ3n) is 1.89. The van der Waals surface area contributed by atoms with Gasteiger partial charge in [0.05, 0.1) is 5.97 Å². The molecule has 0 aliphatic rings. The van der Waals surface area contributed by atoms with Gasteiger partial charge in [-0.3, -0.25) is 0 Å². The van der Waals surface area contributed by atoms with Gasteiger partial charge >= 0.3 is 0 Å². The van der Waals surface area contributed by atoms with Gasteiger partial charge in [0.1, 0.15) is 0 Å². The lowest BCUT2D eigenvalue weighted by molar-refractivity contribution is -0.309. The largest absolute Gasteiger partial charge is 0.548 e. The molecular formula is C7H14NO2-. The minimum atomic E-state index is -1.17. The SMILES string of the molecule is CC(C)C(C)[C@H](N)C(=O)[O-]. The van der Waals surface area contributed by atoms with Gasteiger partial charge in [0.2, 0.25) is 0 Å². The van der Waals surface area contributed by atoms with Crippen molar-refractivity contribution in [1.82, 2.24) is 0 Å². The van der Waals surface area contributed by atoms with Crippen LogP contribution in [0.2, 0.25) is 0 Å². The fourth-order valence-corrected chi connectivity index (χ4v) is 0.629. The standard InChI is InChI=1S/C7H15NO2/c1-4(2)5(3)6(8)7(9)10/h4-6H,8H2,1-3H3,(H,9,10)/p-1/t5?,6-/m0/s1. The topological polar surface area (TPSA) is 66.2 Å². The van der Waals surface area contributed by atoms with Crippen LogP contribution in [-0.4, -0.2) is 12.0 Å². The van der Waals surface area contributed by atoms with Crippen molar-refractivity contribution in [3.05, 3.63) is 0 Å². The Balaban J connectivity index is 3.94. The van der Waals surface area contributed by atoms with E-state index in [4.69, 9.17) is 5.73 Å². The van der Waals surface area contributed by atoms with Crippen molar-refractivity contribution in [1.29, 1.82) is 0 Å². The lowest BCUT2D eigenvalue weighted by Gasteiger charge is -2.23. The van der Waals surface area contributed by atoms with Gasteiger partial charge in [0.25, 0.3) is 0 Å². The molecule has 0 aliphatic carbocycles. The first-order chi connectivity index (χ1) is 4.46. The number of carboxylic acid groups (broad SMARTS) is 1. The minimum Gasteiger partial charge on any atom is -0.548 e. The van der Waals surface area contributed by atoms with E-state index in [0.29, 0.717) is 0 Å². The fraction of sp³-hybridized carbons (Fsp3) is 0.857. The number of aliphatic carboxylic acids is 1. The van der Waals surface area contributed by atoms with Crippen LogP contribution >= 0.6 is 0 Å². The van der Waals surface area contributed by atoms with E-state index in [1.807, 2.05) is 20.8 Å². The molecule has 0 aromatic carbocycles. The Morgan fingerprint density at radius 2 is 1.80 bits per heavy atom. The summed E-state index contributed by atoms with van der Waals surface area (Å²) >= 11 is 0. The van der Waals surface area contributed by atoms with Crippen molar-refractivity contribution >= 4 is 5.97 Å². The summed E-state index contributed by atoms with van der Waals surface area (Å²) in [5, 5.41) is 10.2. The summed E-state index contributed by atoms with van der Waals surface area (Å²) in [6.07, 6.45) is 0. The summed E-state index contributed by atoms with van der Waals surface area (Å²) in [6, 6.07) is -0.833. The highest BCUT2D eigenvalue weighted by Gasteiger charge is 2.16. The van der Waals surface area contributed by atoms with Crippen LogP contribution in [0.15, 0.2) is 0 Å². The zero-order valence-electron chi connectivity index (χ0n) is 6.63. The third-order valence-corrected chi connectivity index (χ3v) is 1.89. The fourth-order valence-electron chi connectivity index (χ4n) is 0.629. The molecule has 3 nitrogen and oxygen atoms in total. The van der Waals surface area contributed by atoms with E-state index < -0.39 is 12.0 Å². The van der Waals surface area contributed by atoms with Gasteiger partial charge in [-0.05, 0) is 11.8 Å². The molecule has 0 saturated carbocycles. The summed E-state index contributed by atoms with van der Waals surface area (Å²) in [7, 11) is 0. The Kier molecular flexibility index (Phi) is 3.36. The molecule has 0 bridgehead atoms. The summed E-state index contributed by atoms with van der Waals surface area (Å²) in [5.41, 5.74) is 5.30. The van der Waals surface area contributed by atoms with E-state index in [0.717, 1.165) is 0 Å². The van der Waals surface area contributed by atoms with Crippen LogP contribution in [0.25, 0.3) is 0 Å². The number of nitrogens with two attached hydrogens (primary N) is 1. The van der Waals surface area contributed by atoms with Crippen molar-refractivity contribution in [2.75, 3.05) is 0 Å². The van der Waals surface area contributed by atoms with Gasteiger partial charge in [-0.25, -0.2) is 0 Å². The average molecular weight is 144 g/mol. The number of carbonyl (C=O) groups is 1. The van der Waals surface area contributed by atoms with Gasteiger partial charge in [-0.15, -0.1) is 0 Å². The number of rotatable bonds is 3. The van der Waals surface area contributed by atoms with E-state index in [1.54, 1.807) is 0 Å². The molecule has 10 heavy (non-hydrogen) atoms. The number of carboxylic acids is 1. The molecule has 0 aliphatic heterocycles. The molecule has 2 N–H and O–H groups in total. The first-order valence-electron chi connectivity index (χ1n) is 3.43. The molecule has 60 valence electrons. The highest BCUT2D eigenvalue weighted by Crippen LogP contribution is 2.11. The summed E-state index contributed by atoms with van der Waals surface area (Å²) in [6.45, 7) is 5.69. The van der Waals surface area contributed by atoms with Crippen molar-refractivity contribution < 1.29 is 9.90 Å². The molecule has 0 amide bonds. The zero-order chi connectivity index (χ0) is 8.31. The van der Waals surface area contributed by atoms with Crippen LogP contribution in [0.5, 0.6) is 0 Å². The quantitative estimate of drug-likeness (QED) is 0.572. The normalized spacial score (nSPS) is 16.9. The molecule has 0 radical (unpaired) electrons. The Hall–Kier alpha value is -0.570. The maximum Gasteiger partial charge on any atom is 0.0584 e. The van der Waals surface area contributed by atoms with E-state index >= 15 is 0 Å². The summed E-state index contributed by atoms with van der Waals surface area (Å²) in [5.74, 6) is -0.904. The van der Waals surface area contributed by atoms with Crippen LogP contribution < -0.4 is 10.8 Å². The van der Waals surface area contributed by atoms with Gasteiger partial charge in [0, 0.05) is 6.04 Å². The molecule has 2 atom stereocenters. The van der Waals surface area contributed by atoms with E-state index in [-0.39, 0.29) is 11.8 Å². The Bertz CT molecular complexity index is 123. The second-order valence-corrected chi connectivity index (χ2v) is 2.95. The van der Waals surface area contributed by atoms with Gasteiger partial charge in [-0.2, -0.15) is 0 Å². The average Bonchev–Trinajstić information content (AvgIpc) is 1.84. The molecule has 0 fully saturated rings. The number of hydrogen-bond acceptors (Lipinski definition) is 3. The predicted molar refractivity (Wildman–Crippen MR) is 37.0 cm³/mol. The molecule has 0 aromatic heterocycles. The van der Waals surface area contributed by atoms with Crippen LogP contribution in [0.1, 0.15) is 20.8 Å². The number of hydrogen-bond donors (Lipinski definition) is 1.